The second-order valence-corrected chi connectivity index (χ2v) is 7.43. The Balaban J connectivity index is 2.91. The number of rotatable bonds is 5. The summed E-state index contributed by atoms with van der Waals surface area (Å²) in [5.41, 5.74) is 1.03. The quantitative estimate of drug-likeness (QED) is 0.883. The fraction of sp³-hybridized carbons (Fsp3) is 0.562. The molecule has 1 rings (SSSR count). The minimum Gasteiger partial charge on any atom is -0.348 e. The van der Waals surface area contributed by atoms with Crippen molar-refractivity contribution in [2.45, 2.75) is 45.4 Å². The molecule has 0 aliphatic heterocycles. The van der Waals surface area contributed by atoms with Gasteiger partial charge >= 0.3 is 0 Å². The molecule has 0 saturated carbocycles. The normalized spacial score (nSPS) is 14.7. The average Bonchev–Trinajstić information content (AvgIpc) is 2.36. The van der Waals surface area contributed by atoms with Crippen LogP contribution in [0.1, 0.15) is 45.7 Å². The van der Waals surface area contributed by atoms with Crippen LogP contribution in [0.5, 0.6) is 0 Å². The summed E-state index contributed by atoms with van der Waals surface area (Å²) in [5, 5.41) is 2.99. The van der Waals surface area contributed by atoms with Crippen molar-refractivity contribution in [1.29, 1.82) is 0 Å². The van der Waals surface area contributed by atoms with Gasteiger partial charge in [0, 0.05) is 0 Å². The number of carbonyl (C=O) groups excluding carboxylic acids is 1. The smallest absolute Gasteiger partial charge is 0.233 e. The predicted molar refractivity (Wildman–Crippen MR) is 84.3 cm³/mol. The summed E-state index contributed by atoms with van der Waals surface area (Å²) in [6.07, 6.45) is 2.73. The molecule has 0 unspecified atom stereocenters. The van der Waals surface area contributed by atoms with Crippen molar-refractivity contribution >= 4 is 17.7 Å². The molecule has 20 heavy (non-hydrogen) atoms. The summed E-state index contributed by atoms with van der Waals surface area (Å²) in [6.45, 7) is 8.29. The SMILES string of the molecule is CS[C@H](C)C(=O)N[C@H](CC(C)(C)C)c1ccc(F)cc1. The van der Waals surface area contributed by atoms with E-state index in [0.717, 1.165) is 12.0 Å². The Kier molecular flexibility index (Phi) is 6.06. The van der Waals surface area contributed by atoms with E-state index in [1.807, 2.05) is 13.2 Å². The number of thioether (sulfide) groups is 1. The molecule has 0 radical (unpaired) electrons. The van der Waals surface area contributed by atoms with Crippen molar-refractivity contribution in [2.75, 3.05) is 6.26 Å². The van der Waals surface area contributed by atoms with Crippen molar-refractivity contribution in [3.05, 3.63) is 35.6 Å². The topological polar surface area (TPSA) is 29.1 Å². The van der Waals surface area contributed by atoms with Gasteiger partial charge in [-0.2, -0.15) is 11.8 Å². The Morgan fingerprint density at radius 3 is 2.30 bits per heavy atom. The summed E-state index contributed by atoms with van der Waals surface area (Å²) in [4.78, 5) is 12.1. The number of hydrogen-bond acceptors (Lipinski definition) is 2. The van der Waals surface area contributed by atoms with E-state index in [0.29, 0.717) is 0 Å². The summed E-state index contributed by atoms with van der Waals surface area (Å²) in [5.74, 6) is -0.233. The lowest BCUT2D eigenvalue weighted by molar-refractivity contribution is -0.121. The number of amides is 1. The van der Waals surface area contributed by atoms with Crippen molar-refractivity contribution in [3.63, 3.8) is 0 Å². The molecule has 1 amide bonds. The maximum atomic E-state index is 13.0. The minimum absolute atomic E-state index is 0.0241. The van der Waals surface area contributed by atoms with Crippen LogP contribution in [0.25, 0.3) is 0 Å². The first-order valence-corrected chi connectivity index (χ1v) is 8.10. The summed E-state index contributed by atoms with van der Waals surface area (Å²) < 4.78 is 13.0. The van der Waals surface area contributed by atoms with E-state index >= 15 is 0 Å². The van der Waals surface area contributed by atoms with Crippen LogP contribution < -0.4 is 5.32 Å². The Morgan fingerprint density at radius 1 is 1.30 bits per heavy atom. The Labute approximate surface area is 125 Å². The van der Waals surface area contributed by atoms with Crippen molar-refractivity contribution < 1.29 is 9.18 Å². The molecule has 0 aliphatic rings. The molecule has 0 aromatic heterocycles. The fourth-order valence-electron chi connectivity index (χ4n) is 1.96. The molecule has 4 heteroatoms. The van der Waals surface area contributed by atoms with Gasteiger partial charge in [-0.05, 0) is 42.7 Å². The molecular weight excluding hydrogens is 273 g/mol. The number of halogens is 1. The highest BCUT2D eigenvalue weighted by atomic mass is 32.2. The third-order valence-electron chi connectivity index (χ3n) is 3.13. The average molecular weight is 297 g/mol. The largest absolute Gasteiger partial charge is 0.348 e. The van der Waals surface area contributed by atoms with E-state index in [9.17, 15) is 9.18 Å². The third-order valence-corrected chi connectivity index (χ3v) is 4.05. The van der Waals surface area contributed by atoms with E-state index in [-0.39, 0.29) is 28.4 Å². The molecular formula is C16H24FNOS. The van der Waals surface area contributed by atoms with E-state index in [2.05, 4.69) is 26.1 Å². The van der Waals surface area contributed by atoms with Gasteiger partial charge in [0.05, 0.1) is 11.3 Å². The molecule has 0 fully saturated rings. The lowest BCUT2D eigenvalue weighted by Crippen LogP contribution is -2.36. The highest BCUT2D eigenvalue weighted by molar-refractivity contribution is 7.99. The predicted octanol–water partition coefficient (Wildman–Crippen LogP) is 4.17. The van der Waals surface area contributed by atoms with Crippen molar-refractivity contribution in [1.82, 2.24) is 5.32 Å². The minimum atomic E-state index is -0.257. The van der Waals surface area contributed by atoms with Gasteiger partial charge in [-0.1, -0.05) is 32.9 Å². The Morgan fingerprint density at radius 2 is 1.85 bits per heavy atom. The van der Waals surface area contributed by atoms with Gasteiger partial charge in [0.1, 0.15) is 5.82 Å². The first-order chi connectivity index (χ1) is 9.23. The summed E-state index contributed by atoms with van der Waals surface area (Å²) in [6, 6.07) is 6.29. The lowest BCUT2D eigenvalue weighted by atomic mass is 9.85. The van der Waals surface area contributed by atoms with Crippen LogP contribution in [0.4, 0.5) is 4.39 Å². The molecule has 0 bridgehead atoms. The standard InChI is InChI=1S/C16H24FNOS/c1-11(20-5)15(19)18-14(10-16(2,3)4)12-6-8-13(17)9-7-12/h6-9,11,14H,10H2,1-5H3,(H,18,19)/t11-,14-/m1/s1. The molecule has 1 N–H and O–H groups in total. The maximum Gasteiger partial charge on any atom is 0.233 e. The number of nitrogens with one attached hydrogen (secondary N) is 1. The van der Waals surface area contributed by atoms with Gasteiger partial charge in [-0.3, -0.25) is 4.79 Å². The van der Waals surface area contributed by atoms with Gasteiger partial charge in [-0.25, -0.2) is 4.39 Å². The molecule has 2 nitrogen and oxygen atoms in total. The highest BCUT2D eigenvalue weighted by Gasteiger charge is 2.23. The van der Waals surface area contributed by atoms with Gasteiger partial charge in [-0.15, -0.1) is 0 Å². The summed E-state index contributed by atoms with van der Waals surface area (Å²) in [7, 11) is 0. The molecule has 0 heterocycles. The van der Waals surface area contributed by atoms with Crippen LogP contribution >= 0.6 is 11.8 Å². The zero-order valence-corrected chi connectivity index (χ0v) is 13.7. The van der Waals surface area contributed by atoms with E-state index in [4.69, 9.17) is 0 Å². The van der Waals surface area contributed by atoms with E-state index < -0.39 is 0 Å². The third kappa shape index (κ3) is 5.53. The lowest BCUT2D eigenvalue weighted by Gasteiger charge is -2.28. The molecule has 0 saturated heterocycles. The molecule has 2 atom stereocenters. The van der Waals surface area contributed by atoms with Gasteiger partial charge < -0.3 is 5.32 Å². The molecule has 1 aromatic carbocycles. The maximum absolute atomic E-state index is 13.0. The van der Waals surface area contributed by atoms with Crippen LogP contribution in [0.2, 0.25) is 0 Å². The van der Waals surface area contributed by atoms with Crippen molar-refractivity contribution in [3.8, 4) is 0 Å². The number of hydrogen-bond donors (Lipinski definition) is 1. The van der Waals surface area contributed by atoms with E-state index in [1.54, 1.807) is 12.1 Å². The number of carbonyl (C=O) groups is 1. The zero-order chi connectivity index (χ0) is 15.3. The second kappa shape index (κ2) is 7.11. The van der Waals surface area contributed by atoms with Crippen LogP contribution in [0, 0.1) is 11.2 Å². The van der Waals surface area contributed by atoms with Crippen LogP contribution in [0.15, 0.2) is 24.3 Å². The Hall–Kier alpha value is -1.03. The van der Waals surface area contributed by atoms with Crippen LogP contribution in [-0.4, -0.2) is 17.4 Å². The van der Waals surface area contributed by atoms with E-state index in [1.165, 1.54) is 23.9 Å². The Bertz CT molecular complexity index is 439. The second-order valence-electron chi connectivity index (χ2n) is 6.26. The molecule has 112 valence electrons. The monoisotopic (exact) mass is 297 g/mol. The van der Waals surface area contributed by atoms with Gasteiger partial charge in [0.15, 0.2) is 0 Å². The first kappa shape index (κ1) is 17.0. The van der Waals surface area contributed by atoms with Gasteiger partial charge in [0.2, 0.25) is 5.91 Å². The highest BCUT2D eigenvalue weighted by Crippen LogP contribution is 2.29. The molecule has 1 aromatic rings. The van der Waals surface area contributed by atoms with Crippen LogP contribution in [-0.2, 0) is 4.79 Å². The molecule has 0 spiro atoms. The zero-order valence-electron chi connectivity index (χ0n) is 12.9. The molecule has 0 aliphatic carbocycles. The fourth-order valence-corrected chi connectivity index (χ4v) is 2.24. The van der Waals surface area contributed by atoms with Crippen LogP contribution in [0.3, 0.4) is 0 Å². The van der Waals surface area contributed by atoms with Crippen molar-refractivity contribution in [2.24, 2.45) is 5.41 Å². The summed E-state index contributed by atoms with van der Waals surface area (Å²) >= 11 is 1.52. The van der Waals surface area contributed by atoms with Gasteiger partial charge in [0.25, 0.3) is 0 Å². The first-order valence-electron chi connectivity index (χ1n) is 6.81. The number of benzene rings is 1.